The fraction of sp³-hybridized carbons (Fsp3) is 0.462. The van der Waals surface area contributed by atoms with Crippen LogP contribution in [0.4, 0.5) is 0 Å². The minimum absolute atomic E-state index is 0.521. The summed E-state index contributed by atoms with van der Waals surface area (Å²) in [6.45, 7) is 3.88. The zero-order valence-corrected chi connectivity index (χ0v) is 10.8. The number of carboxylic acid groups (broad SMARTS) is 1. The molecule has 1 aromatic rings. The number of unbranched alkanes of at least 4 members (excludes halogenated alkanes) is 1. The van der Waals surface area contributed by atoms with E-state index in [1.165, 1.54) is 0 Å². The van der Waals surface area contributed by atoms with Crippen LogP contribution in [0, 0.1) is 6.92 Å². The molecule has 0 aromatic heterocycles. The van der Waals surface area contributed by atoms with Crippen LogP contribution in [0.5, 0.6) is 5.75 Å². The minimum Gasteiger partial charge on any atom is -0.479 e. The van der Waals surface area contributed by atoms with Gasteiger partial charge in [-0.25, -0.2) is 4.79 Å². The predicted octanol–water partition coefficient (Wildman–Crippen LogP) is 3.67. The van der Waals surface area contributed by atoms with Crippen LogP contribution in [0.2, 0.25) is 5.02 Å². The molecule has 17 heavy (non-hydrogen) atoms. The van der Waals surface area contributed by atoms with Crippen molar-refractivity contribution >= 4 is 17.6 Å². The number of benzene rings is 1. The Morgan fingerprint density at radius 3 is 2.76 bits per heavy atom. The maximum absolute atomic E-state index is 11.0. The van der Waals surface area contributed by atoms with Crippen molar-refractivity contribution in [2.45, 2.75) is 39.2 Å². The molecule has 0 bridgehead atoms. The second-order valence-corrected chi connectivity index (χ2v) is 4.41. The molecular weight excluding hydrogens is 240 g/mol. The van der Waals surface area contributed by atoms with Crippen molar-refractivity contribution in [1.82, 2.24) is 0 Å². The van der Waals surface area contributed by atoms with Crippen molar-refractivity contribution in [2.75, 3.05) is 0 Å². The van der Waals surface area contributed by atoms with E-state index in [4.69, 9.17) is 21.4 Å². The average Bonchev–Trinajstić information content (AvgIpc) is 2.28. The van der Waals surface area contributed by atoms with Gasteiger partial charge in [0.1, 0.15) is 5.75 Å². The van der Waals surface area contributed by atoms with Gasteiger partial charge in [-0.05, 0) is 43.5 Å². The molecule has 1 N–H and O–H groups in total. The summed E-state index contributed by atoms with van der Waals surface area (Å²) in [6.07, 6.45) is 1.53. The molecule has 1 unspecified atom stereocenters. The summed E-state index contributed by atoms with van der Waals surface area (Å²) < 4.78 is 5.46. The maximum atomic E-state index is 11.0. The SMILES string of the molecule is CCCCC(Oc1ccc(Cl)c(C)c1)C(=O)O. The first-order chi connectivity index (χ1) is 8.04. The number of ether oxygens (including phenoxy) is 1. The highest BCUT2D eigenvalue weighted by Crippen LogP contribution is 2.22. The van der Waals surface area contributed by atoms with Crippen LogP contribution >= 0.6 is 11.6 Å². The van der Waals surface area contributed by atoms with Crippen LogP contribution in [0.15, 0.2) is 18.2 Å². The van der Waals surface area contributed by atoms with Gasteiger partial charge in [0.15, 0.2) is 6.10 Å². The minimum atomic E-state index is -0.925. The van der Waals surface area contributed by atoms with Gasteiger partial charge in [-0.15, -0.1) is 0 Å². The molecule has 0 radical (unpaired) electrons. The molecule has 3 nitrogen and oxygen atoms in total. The Labute approximate surface area is 106 Å². The van der Waals surface area contributed by atoms with Gasteiger partial charge in [0.25, 0.3) is 0 Å². The van der Waals surface area contributed by atoms with E-state index in [2.05, 4.69) is 0 Å². The first-order valence-corrected chi connectivity index (χ1v) is 6.08. The van der Waals surface area contributed by atoms with E-state index in [0.717, 1.165) is 18.4 Å². The molecule has 1 aromatic carbocycles. The molecule has 0 amide bonds. The van der Waals surface area contributed by atoms with Crippen LogP contribution in [0.1, 0.15) is 31.7 Å². The fourth-order valence-corrected chi connectivity index (χ4v) is 1.59. The maximum Gasteiger partial charge on any atom is 0.344 e. The third-order valence-corrected chi connectivity index (χ3v) is 2.93. The lowest BCUT2D eigenvalue weighted by Gasteiger charge is -2.15. The Kier molecular flexibility index (Phi) is 5.29. The van der Waals surface area contributed by atoms with Gasteiger partial charge in [0, 0.05) is 5.02 Å². The van der Waals surface area contributed by atoms with Gasteiger partial charge >= 0.3 is 5.97 Å². The third-order valence-electron chi connectivity index (χ3n) is 2.50. The number of halogens is 1. The normalized spacial score (nSPS) is 12.2. The van der Waals surface area contributed by atoms with E-state index in [-0.39, 0.29) is 0 Å². The summed E-state index contributed by atoms with van der Waals surface area (Å²) in [6, 6.07) is 5.16. The molecule has 0 aliphatic rings. The van der Waals surface area contributed by atoms with E-state index in [0.29, 0.717) is 17.2 Å². The first kappa shape index (κ1) is 13.8. The van der Waals surface area contributed by atoms with E-state index < -0.39 is 12.1 Å². The van der Waals surface area contributed by atoms with Crippen LogP contribution in [0.3, 0.4) is 0 Å². The quantitative estimate of drug-likeness (QED) is 0.845. The summed E-state index contributed by atoms with van der Waals surface area (Å²) in [4.78, 5) is 11.0. The summed E-state index contributed by atoms with van der Waals surface area (Å²) in [5, 5.41) is 9.68. The number of hydrogen-bond acceptors (Lipinski definition) is 2. The molecule has 0 saturated carbocycles. The second-order valence-electron chi connectivity index (χ2n) is 4.00. The highest BCUT2D eigenvalue weighted by molar-refractivity contribution is 6.31. The van der Waals surface area contributed by atoms with Crippen LogP contribution < -0.4 is 4.74 Å². The Morgan fingerprint density at radius 2 is 2.24 bits per heavy atom. The van der Waals surface area contributed by atoms with Gasteiger partial charge in [-0.2, -0.15) is 0 Å². The Balaban J connectivity index is 2.71. The molecule has 1 atom stereocenters. The molecular formula is C13H17ClO3. The van der Waals surface area contributed by atoms with Crippen molar-refractivity contribution in [2.24, 2.45) is 0 Å². The lowest BCUT2D eigenvalue weighted by Crippen LogP contribution is -2.26. The van der Waals surface area contributed by atoms with E-state index in [1.807, 2.05) is 13.8 Å². The molecule has 0 heterocycles. The standard InChI is InChI=1S/C13H17ClO3/c1-3-4-5-12(13(15)16)17-10-6-7-11(14)9(2)8-10/h6-8,12H,3-5H2,1-2H3,(H,15,16). The van der Waals surface area contributed by atoms with Gasteiger partial charge in [-0.3, -0.25) is 0 Å². The Hall–Kier alpha value is -1.22. The average molecular weight is 257 g/mol. The fourth-order valence-electron chi connectivity index (χ4n) is 1.48. The zero-order valence-electron chi connectivity index (χ0n) is 10.1. The van der Waals surface area contributed by atoms with Crippen LogP contribution in [-0.4, -0.2) is 17.2 Å². The first-order valence-electron chi connectivity index (χ1n) is 5.70. The molecule has 94 valence electrons. The molecule has 1 rings (SSSR count). The summed E-state index contributed by atoms with van der Waals surface area (Å²) >= 11 is 5.89. The second kappa shape index (κ2) is 6.50. The molecule has 0 aliphatic heterocycles. The smallest absolute Gasteiger partial charge is 0.344 e. The topological polar surface area (TPSA) is 46.5 Å². The number of rotatable bonds is 6. The Bertz CT molecular complexity index is 390. The molecule has 0 spiro atoms. The van der Waals surface area contributed by atoms with Crippen molar-refractivity contribution < 1.29 is 14.6 Å². The van der Waals surface area contributed by atoms with Crippen LogP contribution in [0.25, 0.3) is 0 Å². The predicted molar refractivity (Wildman–Crippen MR) is 67.8 cm³/mol. The Morgan fingerprint density at radius 1 is 1.53 bits per heavy atom. The van der Waals surface area contributed by atoms with Gasteiger partial charge in [0.2, 0.25) is 0 Å². The number of carboxylic acids is 1. The van der Waals surface area contributed by atoms with Crippen molar-refractivity contribution in [3.05, 3.63) is 28.8 Å². The van der Waals surface area contributed by atoms with Gasteiger partial charge < -0.3 is 9.84 Å². The van der Waals surface area contributed by atoms with Crippen molar-refractivity contribution in [1.29, 1.82) is 0 Å². The number of carbonyl (C=O) groups is 1. The van der Waals surface area contributed by atoms with E-state index in [1.54, 1.807) is 18.2 Å². The summed E-state index contributed by atoms with van der Waals surface area (Å²) in [7, 11) is 0. The zero-order chi connectivity index (χ0) is 12.8. The lowest BCUT2D eigenvalue weighted by molar-refractivity contribution is -0.145. The molecule has 0 saturated heterocycles. The monoisotopic (exact) mass is 256 g/mol. The van der Waals surface area contributed by atoms with Crippen molar-refractivity contribution in [3.8, 4) is 5.75 Å². The lowest BCUT2D eigenvalue weighted by atomic mass is 10.1. The highest BCUT2D eigenvalue weighted by atomic mass is 35.5. The molecule has 4 heteroatoms. The van der Waals surface area contributed by atoms with Crippen LogP contribution in [-0.2, 0) is 4.79 Å². The van der Waals surface area contributed by atoms with Gasteiger partial charge in [-0.1, -0.05) is 24.9 Å². The molecule has 0 fully saturated rings. The third kappa shape index (κ3) is 4.27. The van der Waals surface area contributed by atoms with Gasteiger partial charge in [0.05, 0.1) is 0 Å². The van der Waals surface area contributed by atoms with E-state index >= 15 is 0 Å². The largest absolute Gasteiger partial charge is 0.479 e. The number of hydrogen-bond donors (Lipinski definition) is 1. The molecule has 0 aliphatic carbocycles. The number of aryl methyl sites for hydroxylation is 1. The summed E-state index contributed by atoms with van der Waals surface area (Å²) in [5.41, 5.74) is 0.879. The number of aliphatic carboxylic acids is 1. The summed E-state index contributed by atoms with van der Waals surface area (Å²) in [5.74, 6) is -0.374. The van der Waals surface area contributed by atoms with E-state index in [9.17, 15) is 4.79 Å². The highest BCUT2D eigenvalue weighted by Gasteiger charge is 2.18. The van der Waals surface area contributed by atoms with Crippen molar-refractivity contribution in [3.63, 3.8) is 0 Å².